The van der Waals surface area contributed by atoms with E-state index in [0.29, 0.717) is 18.1 Å². The van der Waals surface area contributed by atoms with Gasteiger partial charge >= 0.3 is 0 Å². The van der Waals surface area contributed by atoms with Crippen molar-refractivity contribution in [3.63, 3.8) is 0 Å². The zero-order valence-electron chi connectivity index (χ0n) is 9.82. The lowest BCUT2D eigenvalue weighted by atomic mass is 10.2. The molecule has 0 aliphatic heterocycles. The maximum Gasteiger partial charge on any atom is 0.224 e. The number of carbonyl (C=O) groups is 1. The second-order valence-corrected chi connectivity index (χ2v) is 3.64. The second-order valence-electron chi connectivity index (χ2n) is 3.64. The van der Waals surface area contributed by atoms with Gasteiger partial charge in [0.25, 0.3) is 0 Å². The van der Waals surface area contributed by atoms with Gasteiger partial charge in [0.05, 0.1) is 5.56 Å². The van der Waals surface area contributed by atoms with Gasteiger partial charge in [-0.15, -0.1) is 0 Å². The highest BCUT2D eigenvalue weighted by Crippen LogP contribution is 2.11. The molecule has 2 rings (SSSR count). The zero-order valence-corrected chi connectivity index (χ0v) is 9.82. The van der Waals surface area contributed by atoms with Crippen molar-refractivity contribution in [1.29, 1.82) is 0 Å². The molecule has 18 heavy (non-hydrogen) atoms. The van der Waals surface area contributed by atoms with Gasteiger partial charge in [0, 0.05) is 6.20 Å². The number of ether oxygens (including phenoxy) is 1. The van der Waals surface area contributed by atoms with Crippen LogP contribution >= 0.6 is 0 Å². The van der Waals surface area contributed by atoms with Crippen LogP contribution < -0.4 is 4.74 Å². The van der Waals surface area contributed by atoms with E-state index in [9.17, 15) is 4.79 Å². The van der Waals surface area contributed by atoms with E-state index in [1.54, 1.807) is 18.3 Å². The first-order valence-corrected chi connectivity index (χ1v) is 5.65. The Kier molecular flexibility index (Phi) is 4.25. The van der Waals surface area contributed by atoms with Gasteiger partial charge in [-0.05, 0) is 23.8 Å². The first kappa shape index (κ1) is 12.0. The third-order valence-corrected chi connectivity index (χ3v) is 2.35. The number of carbonyl (C=O) groups excluding carboxylic acids is 1. The molecule has 0 N–H and O–H groups in total. The van der Waals surface area contributed by atoms with Gasteiger partial charge in [0.15, 0.2) is 6.29 Å². The summed E-state index contributed by atoms with van der Waals surface area (Å²) >= 11 is 0. The summed E-state index contributed by atoms with van der Waals surface area (Å²) in [6.07, 6.45) is 6.19. The molecule has 0 aliphatic carbocycles. The Labute approximate surface area is 106 Å². The maximum absolute atomic E-state index is 10.7. The lowest BCUT2D eigenvalue weighted by Gasteiger charge is -2.03. The van der Waals surface area contributed by atoms with Crippen molar-refractivity contribution in [1.82, 2.24) is 4.98 Å². The van der Waals surface area contributed by atoms with Crippen LogP contribution in [-0.4, -0.2) is 17.9 Å². The molecule has 3 heteroatoms. The molecule has 90 valence electrons. The molecule has 0 amide bonds. The standard InChI is InChI=1S/C15H13NO2/c17-12-14-9-4-10-16-15(14)18-11-5-8-13-6-2-1-3-7-13/h1-10,12H,11H2/b8-5+. The van der Waals surface area contributed by atoms with E-state index < -0.39 is 0 Å². The van der Waals surface area contributed by atoms with Crippen LogP contribution in [0.25, 0.3) is 6.08 Å². The minimum atomic E-state index is 0.366. The Hall–Kier alpha value is -2.42. The SMILES string of the molecule is O=Cc1cccnc1OC/C=C/c1ccccc1. The molecule has 0 unspecified atom stereocenters. The second kappa shape index (κ2) is 6.35. The van der Waals surface area contributed by atoms with Gasteiger partial charge in [-0.25, -0.2) is 4.98 Å². The van der Waals surface area contributed by atoms with E-state index in [4.69, 9.17) is 4.74 Å². The first-order chi connectivity index (χ1) is 8.90. The van der Waals surface area contributed by atoms with E-state index in [2.05, 4.69) is 4.98 Å². The Morgan fingerprint density at radius 3 is 2.72 bits per heavy atom. The van der Waals surface area contributed by atoms with Crippen molar-refractivity contribution in [3.05, 3.63) is 65.9 Å². The Morgan fingerprint density at radius 1 is 1.11 bits per heavy atom. The predicted octanol–water partition coefficient (Wildman–Crippen LogP) is 2.99. The largest absolute Gasteiger partial charge is 0.473 e. The highest BCUT2D eigenvalue weighted by Gasteiger charge is 2.01. The molecule has 0 bridgehead atoms. The zero-order chi connectivity index (χ0) is 12.6. The molecule has 0 atom stereocenters. The smallest absolute Gasteiger partial charge is 0.224 e. The van der Waals surface area contributed by atoms with Crippen molar-refractivity contribution in [3.8, 4) is 5.88 Å². The van der Waals surface area contributed by atoms with Gasteiger partial charge in [-0.1, -0.05) is 36.4 Å². The summed E-state index contributed by atoms with van der Waals surface area (Å²) in [7, 11) is 0. The predicted molar refractivity (Wildman–Crippen MR) is 70.6 cm³/mol. The van der Waals surface area contributed by atoms with Gasteiger partial charge in [-0.3, -0.25) is 4.79 Å². The summed E-state index contributed by atoms with van der Waals surface area (Å²) < 4.78 is 5.42. The van der Waals surface area contributed by atoms with E-state index in [1.807, 2.05) is 42.5 Å². The third-order valence-electron chi connectivity index (χ3n) is 2.35. The average Bonchev–Trinajstić information content (AvgIpc) is 2.45. The molecule has 0 spiro atoms. The van der Waals surface area contributed by atoms with Gasteiger partial charge < -0.3 is 4.74 Å². The van der Waals surface area contributed by atoms with Crippen molar-refractivity contribution in [2.24, 2.45) is 0 Å². The fourth-order valence-corrected chi connectivity index (χ4v) is 1.49. The van der Waals surface area contributed by atoms with Gasteiger partial charge in [0.2, 0.25) is 5.88 Å². The van der Waals surface area contributed by atoms with Crippen LogP contribution in [0.3, 0.4) is 0 Å². The monoisotopic (exact) mass is 239 g/mol. The van der Waals surface area contributed by atoms with E-state index in [1.165, 1.54) is 0 Å². The lowest BCUT2D eigenvalue weighted by Crippen LogP contribution is -1.99. The summed E-state index contributed by atoms with van der Waals surface area (Å²) in [4.78, 5) is 14.8. The molecular formula is C15H13NO2. The Balaban J connectivity index is 1.92. The summed E-state index contributed by atoms with van der Waals surface area (Å²) in [6.45, 7) is 0.382. The number of pyridine rings is 1. The summed E-state index contributed by atoms with van der Waals surface area (Å²) in [5, 5.41) is 0. The van der Waals surface area contributed by atoms with Crippen molar-refractivity contribution in [2.45, 2.75) is 0 Å². The molecule has 0 fully saturated rings. The van der Waals surface area contributed by atoms with Crippen LogP contribution in [0.4, 0.5) is 0 Å². The Bertz CT molecular complexity index is 535. The number of rotatable bonds is 5. The number of nitrogens with zero attached hydrogens (tertiary/aromatic N) is 1. The van der Waals surface area contributed by atoms with Crippen LogP contribution in [-0.2, 0) is 0 Å². The van der Waals surface area contributed by atoms with Crippen LogP contribution in [0.15, 0.2) is 54.7 Å². The molecule has 1 aromatic heterocycles. The summed E-state index contributed by atoms with van der Waals surface area (Å²) in [6, 6.07) is 13.3. The van der Waals surface area contributed by atoms with E-state index in [0.717, 1.165) is 11.8 Å². The molecule has 2 aromatic rings. The number of benzene rings is 1. The normalized spacial score (nSPS) is 10.4. The third kappa shape index (κ3) is 3.28. The minimum Gasteiger partial charge on any atom is -0.473 e. The van der Waals surface area contributed by atoms with Crippen molar-refractivity contribution >= 4 is 12.4 Å². The Morgan fingerprint density at radius 2 is 1.94 bits per heavy atom. The van der Waals surface area contributed by atoms with E-state index in [-0.39, 0.29) is 0 Å². The van der Waals surface area contributed by atoms with Gasteiger partial charge in [0.1, 0.15) is 6.61 Å². The molecular weight excluding hydrogens is 226 g/mol. The van der Waals surface area contributed by atoms with Crippen LogP contribution in [0.2, 0.25) is 0 Å². The topological polar surface area (TPSA) is 39.2 Å². The highest BCUT2D eigenvalue weighted by atomic mass is 16.5. The van der Waals surface area contributed by atoms with Gasteiger partial charge in [-0.2, -0.15) is 0 Å². The molecule has 3 nitrogen and oxygen atoms in total. The van der Waals surface area contributed by atoms with Crippen LogP contribution in [0.1, 0.15) is 15.9 Å². The summed E-state index contributed by atoms with van der Waals surface area (Å²) in [5.74, 6) is 0.366. The molecule has 0 saturated heterocycles. The number of hydrogen-bond donors (Lipinski definition) is 0. The number of aromatic nitrogens is 1. The fraction of sp³-hybridized carbons (Fsp3) is 0.0667. The molecule has 0 radical (unpaired) electrons. The molecule has 0 saturated carbocycles. The fourth-order valence-electron chi connectivity index (χ4n) is 1.49. The average molecular weight is 239 g/mol. The first-order valence-electron chi connectivity index (χ1n) is 5.65. The minimum absolute atomic E-state index is 0.366. The van der Waals surface area contributed by atoms with Crippen LogP contribution in [0.5, 0.6) is 5.88 Å². The van der Waals surface area contributed by atoms with Crippen molar-refractivity contribution in [2.75, 3.05) is 6.61 Å². The lowest BCUT2D eigenvalue weighted by molar-refractivity contribution is 0.111. The molecule has 1 aromatic carbocycles. The quantitative estimate of drug-likeness (QED) is 0.753. The van der Waals surface area contributed by atoms with E-state index >= 15 is 0 Å². The van der Waals surface area contributed by atoms with Crippen LogP contribution in [0, 0.1) is 0 Å². The number of aldehydes is 1. The highest BCUT2D eigenvalue weighted by molar-refractivity contribution is 5.77. The molecule has 1 heterocycles. The maximum atomic E-state index is 10.7. The molecule has 0 aliphatic rings. The van der Waals surface area contributed by atoms with Crippen molar-refractivity contribution < 1.29 is 9.53 Å². The number of hydrogen-bond acceptors (Lipinski definition) is 3. The summed E-state index contributed by atoms with van der Waals surface area (Å²) in [5.41, 5.74) is 1.57.